The van der Waals surface area contributed by atoms with Gasteiger partial charge in [-0.1, -0.05) is 0 Å². The molecule has 1 atom stereocenters. The summed E-state index contributed by atoms with van der Waals surface area (Å²) in [6.45, 7) is 3.93. The minimum atomic E-state index is 0.0946. The van der Waals surface area contributed by atoms with Gasteiger partial charge in [0.15, 0.2) is 0 Å². The summed E-state index contributed by atoms with van der Waals surface area (Å²) < 4.78 is 5.38. The van der Waals surface area contributed by atoms with Gasteiger partial charge in [-0.25, -0.2) is 0 Å². The molecule has 0 bridgehead atoms. The zero-order chi connectivity index (χ0) is 13.5. The minimum absolute atomic E-state index is 0.0946. The Hall–Kier alpha value is -1.10. The molecule has 0 radical (unpaired) electrons. The molecule has 2 heterocycles. The molecule has 0 saturated carbocycles. The van der Waals surface area contributed by atoms with Gasteiger partial charge >= 0.3 is 0 Å². The predicted molar refractivity (Wildman–Crippen MR) is 71.6 cm³/mol. The maximum atomic E-state index is 11.7. The molecule has 0 spiro atoms. The van der Waals surface area contributed by atoms with E-state index in [-0.39, 0.29) is 11.8 Å². The van der Waals surface area contributed by atoms with Crippen molar-refractivity contribution in [2.24, 2.45) is 5.92 Å². The van der Waals surface area contributed by atoms with E-state index in [2.05, 4.69) is 5.32 Å². The van der Waals surface area contributed by atoms with E-state index in [1.807, 2.05) is 4.90 Å². The second kappa shape index (κ2) is 7.48. The van der Waals surface area contributed by atoms with Crippen molar-refractivity contribution in [1.29, 1.82) is 0 Å². The number of nitrogens with zero attached hydrogens (tertiary/aromatic N) is 1. The second-order valence-corrected chi connectivity index (χ2v) is 5.48. The van der Waals surface area contributed by atoms with E-state index in [0.29, 0.717) is 18.8 Å². The zero-order valence-corrected chi connectivity index (χ0v) is 11.5. The fraction of sp³-hybridized carbons (Fsp3) is 0.857. The highest BCUT2D eigenvalue weighted by atomic mass is 16.5. The molecule has 5 nitrogen and oxygen atoms in total. The van der Waals surface area contributed by atoms with Crippen LogP contribution in [0.3, 0.4) is 0 Å². The van der Waals surface area contributed by atoms with Gasteiger partial charge in [0, 0.05) is 39.1 Å². The first-order valence-electron chi connectivity index (χ1n) is 7.38. The summed E-state index contributed by atoms with van der Waals surface area (Å²) >= 11 is 0. The van der Waals surface area contributed by atoms with Crippen LogP contribution in [0.5, 0.6) is 0 Å². The number of rotatable bonds is 6. The molecular formula is C14H24N2O3. The van der Waals surface area contributed by atoms with E-state index in [4.69, 9.17) is 4.74 Å². The molecule has 2 saturated heterocycles. The minimum Gasteiger partial charge on any atom is -0.381 e. The van der Waals surface area contributed by atoms with Crippen molar-refractivity contribution in [3.63, 3.8) is 0 Å². The molecule has 1 unspecified atom stereocenters. The molecule has 2 aliphatic heterocycles. The first-order valence-corrected chi connectivity index (χ1v) is 7.38. The first-order chi connectivity index (χ1) is 9.25. The van der Waals surface area contributed by atoms with Gasteiger partial charge in [0.2, 0.25) is 11.8 Å². The second-order valence-electron chi connectivity index (χ2n) is 5.48. The monoisotopic (exact) mass is 268 g/mol. The van der Waals surface area contributed by atoms with E-state index >= 15 is 0 Å². The Labute approximate surface area is 114 Å². The van der Waals surface area contributed by atoms with Crippen LogP contribution in [-0.4, -0.2) is 49.6 Å². The molecule has 0 aliphatic carbocycles. The molecule has 0 aromatic carbocycles. The summed E-state index contributed by atoms with van der Waals surface area (Å²) in [4.78, 5) is 24.9. The van der Waals surface area contributed by atoms with Crippen LogP contribution in [0, 0.1) is 5.92 Å². The van der Waals surface area contributed by atoms with E-state index in [0.717, 1.165) is 58.5 Å². The Morgan fingerprint density at radius 3 is 3.00 bits per heavy atom. The van der Waals surface area contributed by atoms with Crippen LogP contribution in [0.25, 0.3) is 0 Å². The molecular weight excluding hydrogens is 244 g/mol. The lowest BCUT2D eigenvalue weighted by atomic mass is 10.0. The molecule has 19 heavy (non-hydrogen) atoms. The third-order valence-electron chi connectivity index (χ3n) is 3.85. The number of hydrogen-bond acceptors (Lipinski definition) is 3. The average Bonchev–Trinajstić information content (AvgIpc) is 2.83. The Bertz CT molecular complexity index is 314. The molecule has 2 fully saturated rings. The van der Waals surface area contributed by atoms with Crippen molar-refractivity contribution in [1.82, 2.24) is 10.2 Å². The maximum absolute atomic E-state index is 11.7. The van der Waals surface area contributed by atoms with Crippen LogP contribution >= 0.6 is 0 Å². The first kappa shape index (κ1) is 14.3. The quantitative estimate of drug-likeness (QED) is 0.779. The van der Waals surface area contributed by atoms with Crippen molar-refractivity contribution in [3.8, 4) is 0 Å². The van der Waals surface area contributed by atoms with E-state index < -0.39 is 0 Å². The normalized spacial score (nSPS) is 23.7. The van der Waals surface area contributed by atoms with Crippen molar-refractivity contribution in [3.05, 3.63) is 0 Å². The van der Waals surface area contributed by atoms with E-state index in [1.54, 1.807) is 0 Å². The Kier molecular flexibility index (Phi) is 5.63. The number of amides is 2. The molecule has 108 valence electrons. The fourth-order valence-electron chi connectivity index (χ4n) is 2.69. The van der Waals surface area contributed by atoms with Gasteiger partial charge in [0.25, 0.3) is 0 Å². The number of likely N-dealkylation sites (tertiary alicyclic amines) is 1. The van der Waals surface area contributed by atoms with Gasteiger partial charge in [-0.3, -0.25) is 9.59 Å². The van der Waals surface area contributed by atoms with Crippen LogP contribution in [-0.2, 0) is 14.3 Å². The standard InChI is InChI=1S/C14H24N2O3/c17-13(15-10-12-4-3-9-19-11-12)5-1-7-16-8-2-6-14(16)18/h12H,1-11H2,(H,15,17). The summed E-state index contributed by atoms with van der Waals surface area (Å²) in [7, 11) is 0. The van der Waals surface area contributed by atoms with E-state index in [1.165, 1.54) is 0 Å². The van der Waals surface area contributed by atoms with Gasteiger partial charge in [-0.05, 0) is 31.6 Å². The SMILES string of the molecule is O=C(CCCN1CCCC1=O)NCC1CCCOC1. The molecule has 2 rings (SSSR count). The van der Waals surface area contributed by atoms with Crippen LogP contribution in [0.2, 0.25) is 0 Å². The van der Waals surface area contributed by atoms with Crippen LogP contribution in [0.4, 0.5) is 0 Å². The number of hydrogen-bond donors (Lipinski definition) is 1. The molecule has 0 aromatic heterocycles. The molecule has 1 N–H and O–H groups in total. The lowest BCUT2D eigenvalue weighted by molar-refractivity contribution is -0.128. The number of ether oxygens (including phenoxy) is 1. The lowest BCUT2D eigenvalue weighted by Gasteiger charge is -2.22. The zero-order valence-electron chi connectivity index (χ0n) is 11.5. The van der Waals surface area contributed by atoms with Gasteiger partial charge in [0.05, 0.1) is 6.61 Å². The van der Waals surface area contributed by atoms with Crippen LogP contribution in [0.1, 0.15) is 38.5 Å². The van der Waals surface area contributed by atoms with Gasteiger partial charge in [0.1, 0.15) is 0 Å². The summed E-state index contributed by atoms with van der Waals surface area (Å²) in [5.74, 6) is 0.801. The Morgan fingerprint density at radius 2 is 2.32 bits per heavy atom. The summed E-state index contributed by atoms with van der Waals surface area (Å²) in [6, 6.07) is 0. The van der Waals surface area contributed by atoms with E-state index in [9.17, 15) is 9.59 Å². The smallest absolute Gasteiger partial charge is 0.222 e. The van der Waals surface area contributed by atoms with Crippen molar-refractivity contribution in [2.45, 2.75) is 38.5 Å². The highest BCUT2D eigenvalue weighted by molar-refractivity contribution is 5.78. The topological polar surface area (TPSA) is 58.6 Å². The van der Waals surface area contributed by atoms with Gasteiger partial charge in [-0.2, -0.15) is 0 Å². The molecule has 0 aromatic rings. The van der Waals surface area contributed by atoms with Crippen molar-refractivity contribution in [2.75, 3.05) is 32.8 Å². The summed E-state index contributed by atoms with van der Waals surface area (Å²) in [6.07, 6.45) is 5.15. The highest BCUT2D eigenvalue weighted by Gasteiger charge is 2.19. The van der Waals surface area contributed by atoms with Crippen LogP contribution in [0.15, 0.2) is 0 Å². The number of carbonyl (C=O) groups excluding carboxylic acids is 2. The summed E-state index contributed by atoms with van der Waals surface area (Å²) in [5, 5.41) is 2.97. The Morgan fingerprint density at radius 1 is 1.42 bits per heavy atom. The maximum Gasteiger partial charge on any atom is 0.222 e. The highest BCUT2D eigenvalue weighted by Crippen LogP contribution is 2.12. The average molecular weight is 268 g/mol. The van der Waals surface area contributed by atoms with Gasteiger partial charge in [-0.15, -0.1) is 0 Å². The fourth-order valence-corrected chi connectivity index (χ4v) is 2.69. The summed E-state index contributed by atoms with van der Waals surface area (Å²) in [5.41, 5.74) is 0. The van der Waals surface area contributed by atoms with Crippen molar-refractivity contribution < 1.29 is 14.3 Å². The molecule has 2 amide bonds. The van der Waals surface area contributed by atoms with Gasteiger partial charge < -0.3 is 15.0 Å². The number of nitrogens with one attached hydrogen (secondary N) is 1. The largest absolute Gasteiger partial charge is 0.381 e. The number of carbonyl (C=O) groups is 2. The third-order valence-corrected chi connectivity index (χ3v) is 3.85. The lowest BCUT2D eigenvalue weighted by Crippen LogP contribution is -2.33. The van der Waals surface area contributed by atoms with Crippen LogP contribution < -0.4 is 5.32 Å². The van der Waals surface area contributed by atoms with Crippen molar-refractivity contribution >= 4 is 11.8 Å². The Balaban J connectivity index is 1.53. The predicted octanol–water partition coefficient (Wildman–Crippen LogP) is 0.932. The molecule has 2 aliphatic rings. The molecule has 5 heteroatoms. The third kappa shape index (κ3) is 4.82.